The van der Waals surface area contributed by atoms with E-state index in [1.807, 2.05) is 32.0 Å². The molecule has 0 heterocycles. The Morgan fingerprint density at radius 3 is 2.21 bits per heavy atom. The first-order valence-corrected chi connectivity index (χ1v) is 5.27. The Bertz CT molecular complexity index is 334. The van der Waals surface area contributed by atoms with Crippen molar-refractivity contribution >= 4 is 5.78 Å². The zero-order valence-corrected chi connectivity index (χ0v) is 8.79. The number of carbonyl (C=O) groups excluding carboxylic acids is 1. The Hall–Kier alpha value is -1.11. The number of rotatable bonds is 3. The average Bonchev–Trinajstić information content (AvgIpc) is 2.99. The highest BCUT2D eigenvalue weighted by molar-refractivity contribution is 5.94. The standard InChI is InChI=1S/C13H16O/c1-10(2)12(14)13(8-9-13)11-6-4-3-5-7-11/h3-7,10H,8-9H2,1-2H3. The highest BCUT2D eigenvalue weighted by Crippen LogP contribution is 2.50. The van der Waals surface area contributed by atoms with Gasteiger partial charge >= 0.3 is 0 Å². The van der Waals surface area contributed by atoms with E-state index in [4.69, 9.17) is 0 Å². The van der Waals surface area contributed by atoms with Crippen molar-refractivity contribution in [1.82, 2.24) is 0 Å². The molecule has 2 rings (SSSR count). The lowest BCUT2D eigenvalue weighted by atomic mass is 9.86. The van der Waals surface area contributed by atoms with Gasteiger partial charge in [-0.15, -0.1) is 0 Å². The number of hydrogen-bond acceptors (Lipinski definition) is 1. The molecule has 0 radical (unpaired) electrons. The third-order valence-electron chi connectivity index (χ3n) is 3.07. The molecule has 0 amide bonds. The monoisotopic (exact) mass is 188 g/mol. The van der Waals surface area contributed by atoms with Gasteiger partial charge in [0.05, 0.1) is 5.41 Å². The van der Waals surface area contributed by atoms with Gasteiger partial charge in [0, 0.05) is 5.92 Å². The van der Waals surface area contributed by atoms with Crippen molar-refractivity contribution in [3.05, 3.63) is 35.9 Å². The molecule has 0 atom stereocenters. The molecule has 0 N–H and O–H groups in total. The summed E-state index contributed by atoms with van der Waals surface area (Å²) in [6, 6.07) is 10.2. The summed E-state index contributed by atoms with van der Waals surface area (Å²) in [4.78, 5) is 12.0. The third kappa shape index (κ3) is 1.37. The predicted octanol–water partition coefficient (Wildman–Crippen LogP) is 2.94. The quantitative estimate of drug-likeness (QED) is 0.712. The molecule has 0 aliphatic heterocycles. The van der Waals surface area contributed by atoms with Crippen molar-refractivity contribution in [2.24, 2.45) is 5.92 Å². The molecule has 1 aliphatic carbocycles. The topological polar surface area (TPSA) is 17.1 Å². The van der Waals surface area contributed by atoms with Crippen LogP contribution >= 0.6 is 0 Å². The highest BCUT2D eigenvalue weighted by atomic mass is 16.1. The SMILES string of the molecule is CC(C)C(=O)C1(c2ccccc2)CC1. The van der Waals surface area contributed by atoms with Gasteiger partial charge < -0.3 is 0 Å². The zero-order chi connectivity index (χ0) is 10.2. The van der Waals surface area contributed by atoms with E-state index in [-0.39, 0.29) is 11.3 Å². The summed E-state index contributed by atoms with van der Waals surface area (Å²) < 4.78 is 0. The first kappa shape index (κ1) is 9.45. The molecule has 1 saturated carbocycles. The van der Waals surface area contributed by atoms with Crippen molar-refractivity contribution in [3.8, 4) is 0 Å². The maximum absolute atomic E-state index is 12.0. The molecular formula is C13H16O. The maximum Gasteiger partial charge on any atom is 0.145 e. The second-order valence-electron chi connectivity index (χ2n) is 4.47. The minimum atomic E-state index is -0.116. The van der Waals surface area contributed by atoms with Gasteiger partial charge in [0.15, 0.2) is 0 Å². The Balaban J connectivity index is 2.30. The maximum atomic E-state index is 12.0. The third-order valence-corrected chi connectivity index (χ3v) is 3.07. The van der Waals surface area contributed by atoms with Crippen molar-refractivity contribution in [2.75, 3.05) is 0 Å². The number of Topliss-reactive ketones (excluding diaryl/α,β-unsaturated/α-hetero) is 1. The summed E-state index contributed by atoms with van der Waals surface area (Å²) >= 11 is 0. The molecule has 0 unspecified atom stereocenters. The molecule has 1 aromatic carbocycles. The van der Waals surface area contributed by atoms with E-state index in [9.17, 15) is 4.79 Å². The van der Waals surface area contributed by atoms with Crippen LogP contribution in [0.3, 0.4) is 0 Å². The van der Waals surface area contributed by atoms with Crippen molar-refractivity contribution in [1.29, 1.82) is 0 Å². The minimum Gasteiger partial charge on any atom is -0.298 e. The number of hydrogen-bond donors (Lipinski definition) is 0. The number of ketones is 1. The smallest absolute Gasteiger partial charge is 0.145 e. The Morgan fingerprint density at radius 1 is 1.21 bits per heavy atom. The van der Waals surface area contributed by atoms with Gasteiger partial charge in [-0.1, -0.05) is 44.2 Å². The van der Waals surface area contributed by atoms with E-state index in [0.29, 0.717) is 5.78 Å². The predicted molar refractivity (Wildman–Crippen MR) is 57.2 cm³/mol. The van der Waals surface area contributed by atoms with Gasteiger partial charge in [-0.05, 0) is 18.4 Å². The summed E-state index contributed by atoms with van der Waals surface area (Å²) in [6.07, 6.45) is 2.07. The van der Waals surface area contributed by atoms with Crippen LogP contribution in [0.2, 0.25) is 0 Å². The molecule has 1 heteroatoms. The van der Waals surface area contributed by atoms with Crippen molar-refractivity contribution in [3.63, 3.8) is 0 Å². The lowest BCUT2D eigenvalue weighted by Gasteiger charge is -2.16. The Morgan fingerprint density at radius 2 is 1.79 bits per heavy atom. The largest absolute Gasteiger partial charge is 0.298 e. The van der Waals surface area contributed by atoms with Gasteiger partial charge in [-0.25, -0.2) is 0 Å². The average molecular weight is 188 g/mol. The van der Waals surface area contributed by atoms with E-state index in [0.717, 1.165) is 12.8 Å². The molecule has 74 valence electrons. The molecule has 1 fully saturated rings. The fourth-order valence-corrected chi connectivity index (χ4v) is 2.11. The molecule has 1 nitrogen and oxygen atoms in total. The summed E-state index contributed by atoms with van der Waals surface area (Å²) in [7, 11) is 0. The lowest BCUT2D eigenvalue weighted by molar-refractivity contribution is -0.124. The Kier molecular flexibility index (Phi) is 2.18. The van der Waals surface area contributed by atoms with Gasteiger partial charge in [0.1, 0.15) is 5.78 Å². The molecule has 0 spiro atoms. The summed E-state index contributed by atoms with van der Waals surface area (Å²) in [6.45, 7) is 3.98. The second-order valence-corrected chi connectivity index (χ2v) is 4.47. The number of carbonyl (C=O) groups is 1. The van der Waals surface area contributed by atoms with E-state index >= 15 is 0 Å². The molecule has 1 aromatic rings. The van der Waals surface area contributed by atoms with Gasteiger partial charge in [-0.2, -0.15) is 0 Å². The van der Waals surface area contributed by atoms with Crippen LogP contribution in [0, 0.1) is 5.92 Å². The zero-order valence-electron chi connectivity index (χ0n) is 8.79. The fourth-order valence-electron chi connectivity index (χ4n) is 2.11. The second kappa shape index (κ2) is 3.23. The van der Waals surface area contributed by atoms with Crippen LogP contribution in [-0.4, -0.2) is 5.78 Å². The lowest BCUT2D eigenvalue weighted by Crippen LogP contribution is -2.24. The van der Waals surface area contributed by atoms with Gasteiger partial charge in [0.2, 0.25) is 0 Å². The molecular weight excluding hydrogens is 172 g/mol. The van der Waals surface area contributed by atoms with E-state index in [1.54, 1.807) is 0 Å². The first-order chi connectivity index (χ1) is 6.67. The summed E-state index contributed by atoms with van der Waals surface area (Å²) in [5.74, 6) is 0.557. The van der Waals surface area contributed by atoms with Crippen LogP contribution in [0.5, 0.6) is 0 Å². The van der Waals surface area contributed by atoms with Crippen LogP contribution in [0.4, 0.5) is 0 Å². The normalized spacial score (nSPS) is 18.2. The number of benzene rings is 1. The van der Waals surface area contributed by atoms with Crippen LogP contribution in [0.1, 0.15) is 32.3 Å². The Labute approximate surface area is 85.1 Å². The molecule has 0 aromatic heterocycles. The van der Waals surface area contributed by atoms with E-state index in [2.05, 4.69) is 12.1 Å². The molecule has 14 heavy (non-hydrogen) atoms. The minimum absolute atomic E-state index is 0.116. The van der Waals surface area contributed by atoms with Crippen molar-refractivity contribution in [2.45, 2.75) is 32.1 Å². The van der Waals surface area contributed by atoms with Crippen molar-refractivity contribution < 1.29 is 4.79 Å². The van der Waals surface area contributed by atoms with E-state index < -0.39 is 0 Å². The highest BCUT2D eigenvalue weighted by Gasteiger charge is 2.51. The van der Waals surface area contributed by atoms with Crippen LogP contribution in [0.15, 0.2) is 30.3 Å². The summed E-state index contributed by atoms with van der Waals surface area (Å²) in [5, 5.41) is 0. The van der Waals surface area contributed by atoms with Crippen LogP contribution in [-0.2, 0) is 10.2 Å². The van der Waals surface area contributed by atoms with Crippen LogP contribution in [0.25, 0.3) is 0 Å². The first-order valence-electron chi connectivity index (χ1n) is 5.27. The van der Waals surface area contributed by atoms with Gasteiger partial charge in [0.25, 0.3) is 0 Å². The van der Waals surface area contributed by atoms with Gasteiger partial charge in [-0.3, -0.25) is 4.79 Å². The fraction of sp³-hybridized carbons (Fsp3) is 0.462. The molecule has 0 saturated heterocycles. The molecule has 1 aliphatic rings. The van der Waals surface area contributed by atoms with E-state index in [1.165, 1.54) is 5.56 Å². The summed E-state index contributed by atoms with van der Waals surface area (Å²) in [5.41, 5.74) is 1.09. The molecule has 0 bridgehead atoms. The van der Waals surface area contributed by atoms with Crippen LogP contribution < -0.4 is 0 Å².